The minimum Gasteiger partial charge on any atom is -0.335 e. The zero-order valence-electron chi connectivity index (χ0n) is 10.5. The van der Waals surface area contributed by atoms with E-state index in [0.717, 1.165) is 17.3 Å². The lowest BCUT2D eigenvalue weighted by molar-refractivity contribution is 0.794. The Hall–Kier alpha value is -2.88. The molecule has 0 aliphatic heterocycles. The van der Waals surface area contributed by atoms with Crippen LogP contribution in [0.4, 0.5) is 0 Å². The minimum atomic E-state index is -0.677. The van der Waals surface area contributed by atoms with Crippen molar-refractivity contribution in [1.82, 2.24) is 30.1 Å². The van der Waals surface area contributed by atoms with Gasteiger partial charge < -0.3 is 5.84 Å². The summed E-state index contributed by atoms with van der Waals surface area (Å²) >= 11 is 0.904. The van der Waals surface area contributed by atoms with Gasteiger partial charge in [-0.25, -0.2) is 14.6 Å². The van der Waals surface area contributed by atoms with Gasteiger partial charge in [-0.3, -0.25) is 9.78 Å². The van der Waals surface area contributed by atoms with E-state index in [-0.39, 0.29) is 10.2 Å². The number of aromatic amines is 2. The summed E-state index contributed by atoms with van der Waals surface area (Å²) in [5.41, 5.74) is -0.501. The second kappa shape index (κ2) is 5.25. The largest absolute Gasteiger partial charge is 0.342 e. The molecule has 0 spiro atoms. The lowest BCUT2D eigenvalue weighted by Crippen LogP contribution is -2.25. The summed E-state index contributed by atoms with van der Waals surface area (Å²) in [6.07, 6.45) is 0. The average Bonchev–Trinajstić information content (AvgIpc) is 2.84. The molecule has 106 valence electrons. The molecular weight excluding hydrogens is 294 g/mol. The molecule has 0 aliphatic rings. The summed E-state index contributed by atoms with van der Waals surface area (Å²) in [5, 5.41) is 14.0. The molecule has 0 radical (unpaired) electrons. The van der Waals surface area contributed by atoms with Crippen LogP contribution in [0, 0.1) is 0 Å². The Morgan fingerprint density at radius 1 is 1.14 bits per heavy atom. The van der Waals surface area contributed by atoms with Crippen LogP contribution in [0.1, 0.15) is 0 Å². The summed E-state index contributed by atoms with van der Waals surface area (Å²) in [6.45, 7) is 0. The van der Waals surface area contributed by atoms with Crippen LogP contribution < -0.4 is 17.1 Å². The van der Waals surface area contributed by atoms with E-state index < -0.39 is 11.2 Å². The maximum absolute atomic E-state index is 11.6. The Morgan fingerprint density at radius 3 is 2.62 bits per heavy atom. The van der Waals surface area contributed by atoms with Crippen LogP contribution in [0.5, 0.6) is 0 Å². The number of benzene rings is 1. The van der Waals surface area contributed by atoms with Crippen LogP contribution in [-0.2, 0) is 0 Å². The lowest BCUT2D eigenvalue weighted by atomic mass is 10.2. The molecule has 0 saturated carbocycles. The third-order valence-corrected chi connectivity index (χ3v) is 3.50. The van der Waals surface area contributed by atoms with E-state index in [1.54, 1.807) is 0 Å². The number of hydrogen-bond acceptors (Lipinski definition) is 7. The molecule has 0 aliphatic carbocycles. The second-order valence-corrected chi connectivity index (χ2v) is 4.91. The number of hydrogen-bond donors (Lipinski definition) is 3. The van der Waals surface area contributed by atoms with Crippen molar-refractivity contribution >= 4 is 11.8 Å². The van der Waals surface area contributed by atoms with Gasteiger partial charge in [0.25, 0.3) is 5.56 Å². The number of nitrogen functional groups attached to an aromatic ring is 1. The van der Waals surface area contributed by atoms with Crippen molar-refractivity contribution < 1.29 is 0 Å². The smallest absolute Gasteiger partial charge is 0.335 e. The summed E-state index contributed by atoms with van der Waals surface area (Å²) in [6, 6.07) is 9.26. The van der Waals surface area contributed by atoms with E-state index >= 15 is 0 Å². The molecule has 10 heteroatoms. The first-order chi connectivity index (χ1) is 10.1. The summed E-state index contributed by atoms with van der Waals surface area (Å²) in [7, 11) is 0. The summed E-state index contributed by atoms with van der Waals surface area (Å²) in [5.74, 6) is 6.38. The highest BCUT2D eigenvalue weighted by Crippen LogP contribution is 2.23. The summed E-state index contributed by atoms with van der Waals surface area (Å²) in [4.78, 5) is 24.6. The first kappa shape index (κ1) is 13.1. The predicted molar refractivity (Wildman–Crippen MR) is 75.2 cm³/mol. The predicted octanol–water partition coefficient (Wildman–Crippen LogP) is -0.418. The highest BCUT2D eigenvalue weighted by atomic mass is 32.2. The quantitative estimate of drug-likeness (QED) is 0.559. The molecular formula is C11H9N7O2S. The molecule has 9 nitrogen and oxygen atoms in total. The molecule has 0 amide bonds. The van der Waals surface area contributed by atoms with Crippen molar-refractivity contribution in [3.63, 3.8) is 0 Å². The fourth-order valence-corrected chi connectivity index (χ4v) is 2.30. The topological polar surface area (TPSA) is 135 Å². The van der Waals surface area contributed by atoms with Gasteiger partial charge in [-0.2, -0.15) is 5.10 Å². The third kappa shape index (κ3) is 2.56. The van der Waals surface area contributed by atoms with E-state index in [0.29, 0.717) is 5.82 Å². The van der Waals surface area contributed by atoms with Crippen molar-refractivity contribution in [2.45, 2.75) is 10.2 Å². The molecule has 1 aromatic carbocycles. The lowest BCUT2D eigenvalue weighted by Gasteiger charge is -2.02. The SMILES string of the molecule is Nn1c(Sc2n[nH]c(=O)[nH]c2=O)nnc1-c1ccccc1. The molecule has 0 fully saturated rings. The van der Waals surface area contributed by atoms with E-state index in [2.05, 4.69) is 25.4 Å². The first-order valence-electron chi connectivity index (χ1n) is 5.78. The average molecular weight is 303 g/mol. The van der Waals surface area contributed by atoms with Crippen LogP contribution in [0.3, 0.4) is 0 Å². The van der Waals surface area contributed by atoms with Crippen molar-refractivity contribution in [2.24, 2.45) is 0 Å². The number of nitrogens with two attached hydrogens (primary N) is 1. The highest BCUT2D eigenvalue weighted by Gasteiger charge is 2.15. The van der Waals surface area contributed by atoms with E-state index in [1.165, 1.54) is 4.68 Å². The van der Waals surface area contributed by atoms with Crippen molar-refractivity contribution in [2.75, 3.05) is 5.84 Å². The Kier molecular flexibility index (Phi) is 3.28. The van der Waals surface area contributed by atoms with E-state index in [1.807, 2.05) is 30.3 Å². The maximum atomic E-state index is 11.6. The molecule has 0 bridgehead atoms. The molecule has 21 heavy (non-hydrogen) atoms. The van der Waals surface area contributed by atoms with Crippen molar-refractivity contribution in [3.05, 3.63) is 51.2 Å². The highest BCUT2D eigenvalue weighted by molar-refractivity contribution is 7.99. The third-order valence-electron chi connectivity index (χ3n) is 2.56. The normalized spacial score (nSPS) is 10.7. The van der Waals surface area contributed by atoms with Crippen molar-refractivity contribution in [1.29, 1.82) is 0 Å². The number of H-pyrrole nitrogens is 2. The maximum Gasteiger partial charge on any atom is 0.342 e. The van der Waals surface area contributed by atoms with Gasteiger partial charge in [-0.05, 0) is 11.8 Å². The Labute approximate surface area is 121 Å². The number of rotatable bonds is 3. The van der Waals surface area contributed by atoms with Gasteiger partial charge in [0.2, 0.25) is 5.16 Å². The Bertz CT molecular complexity index is 883. The molecule has 3 rings (SSSR count). The molecule has 3 aromatic rings. The van der Waals surface area contributed by atoms with Gasteiger partial charge in [0, 0.05) is 5.56 Å². The van der Waals surface area contributed by atoms with E-state index in [4.69, 9.17) is 5.84 Å². The Morgan fingerprint density at radius 2 is 1.90 bits per heavy atom. The molecule has 4 N–H and O–H groups in total. The van der Waals surface area contributed by atoms with Gasteiger partial charge in [-0.15, -0.1) is 10.2 Å². The van der Waals surface area contributed by atoms with E-state index in [9.17, 15) is 9.59 Å². The number of aromatic nitrogens is 6. The van der Waals surface area contributed by atoms with Crippen LogP contribution in [0.15, 0.2) is 50.1 Å². The standard InChI is InChI=1S/C11H9N7O2S/c12-18-7(6-4-2-1-3-5-6)14-17-11(18)21-9-8(19)13-10(20)16-15-9/h1-5H,12H2,(H2,13,16,19,20). The Balaban J connectivity index is 1.96. The molecule has 0 atom stereocenters. The fraction of sp³-hybridized carbons (Fsp3) is 0. The zero-order valence-corrected chi connectivity index (χ0v) is 11.3. The summed E-state index contributed by atoms with van der Waals surface area (Å²) < 4.78 is 1.26. The number of nitrogens with zero attached hydrogens (tertiary/aromatic N) is 4. The molecule has 0 saturated heterocycles. The second-order valence-electron chi connectivity index (χ2n) is 3.96. The molecule has 0 unspecified atom stereocenters. The zero-order chi connectivity index (χ0) is 14.8. The van der Waals surface area contributed by atoms with Gasteiger partial charge >= 0.3 is 5.69 Å². The van der Waals surface area contributed by atoms with Crippen LogP contribution >= 0.6 is 11.8 Å². The molecule has 2 heterocycles. The molecule has 2 aromatic heterocycles. The van der Waals surface area contributed by atoms with Crippen molar-refractivity contribution in [3.8, 4) is 11.4 Å². The van der Waals surface area contributed by atoms with Crippen LogP contribution in [0.25, 0.3) is 11.4 Å². The number of nitrogens with one attached hydrogen (secondary N) is 2. The van der Waals surface area contributed by atoms with Gasteiger partial charge in [0.15, 0.2) is 10.9 Å². The van der Waals surface area contributed by atoms with Crippen LogP contribution in [0.2, 0.25) is 0 Å². The minimum absolute atomic E-state index is 0.0216. The van der Waals surface area contributed by atoms with Gasteiger partial charge in [-0.1, -0.05) is 30.3 Å². The van der Waals surface area contributed by atoms with Gasteiger partial charge in [0.05, 0.1) is 0 Å². The first-order valence-corrected chi connectivity index (χ1v) is 6.59. The fourth-order valence-electron chi connectivity index (χ4n) is 1.62. The van der Waals surface area contributed by atoms with Crippen LogP contribution in [-0.4, -0.2) is 30.1 Å². The van der Waals surface area contributed by atoms with Gasteiger partial charge in [0.1, 0.15) is 0 Å². The monoisotopic (exact) mass is 303 g/mol.